The number of quaternary nitrogens is 1. The van der Waals surface area contributed by atoms with Crippen LogP contribution in [-0.4, -0.2) is 21.2 Å². The lowest BCUT2D eigenvalue weighted by molar-refractivity contribution is 0.506. The van der Waals surface area contributed by atoms with E-state index in [2.05, 4.69) is 32.1 Å². The fraction of sp³-hybridized carbons (Fsp3) is 0.200. The number of hydrogen-bond acceptors (Lipinski definition) is 2. The fourth-order valence-electron chi connectivity index (χ4n) is 3.36. The first-order valence-electron chi connectivity index (χ1n) is 7.95. The number of hydrogen-bond donors (Lipinski definition) is 0. The van der Waals surface area contributed by atoms with Gasteiger partial charge in [0.15, 0.2) is 15.5 Å². The van der Waals surface area contributed by atoms with E-state index in [1.807, 2.05) is 36.4 Å². The monoisotopic (exact) mass is 339 g/mol. The predicted octanol–water partition coefficient (Wildman–Crippen LogP) is 4.18. The molecular formula is C20H21NO2S+. The highest BCUT2D eigenvalue weighted by Crippen LogP contribution is 2.42. The number of rotatable bonds is 4. The molecule has 1 unspecified atom stereocenters. The molecule has 1 heterocycles. The fourth-order valence-corrected chi connectivity index (χ4v) is 3.99. The summed E-state index contributed by atoms with van der Waals surface area (Å²) in [6, 6.07) is 17.5. The number of benzene rings is 2. The molecule has 0 aromatic heterocycles. The molecule has 0 fully saturated rings. The molecule has 0 spiro atoms. The molecule has 3 nitrogen and oxygen atoms in total. The van der Waals surface area contributed by atoms with E-state index in [1.54, 1.807) is 12.1 Å². The zero-order chi connectivity index (χ0) is 17.4. The molecule has 1 atom stereocenters. The second kappa shape index (κ2) is 6.04. The molecule has 4 heteroatoms. The first kappa shape index (κ1) is 16.7. The van der Waals surface area contributed by atoms with Crippen molar-refractivity contribution in [3.05, 3.63) is 78.0 Å². The van der Waals surface area contributed by atoms with E-state index in [9.17, 15) is 8.42 Å². The lowest BCUT2D eigenvalue weighted by Gasteiger charge is -2.36. The maximum absolute atomic E-state index is 11.7. The summed E-state index contributed by atoms with van der Waals surface area (Å²) in [7, 11) is -3.19. The van der Waals surface area contributed by atoms with Crippen molar-refractivity contribution in [3.8, 4) is 0 Å². The van der Waals surface area contributed by atoms with E-state index >= 15 is 0 Å². The van der Waals surface area contributed by atoms with E-state index < -0.39 is 9.84 Å². The van der Waals surface area contributed by atoms with Gasteiger partial charge in [-0.3, -0.25) is 0 Å². The number of para-hydroxylation sites is 1. The van der Waals surface area contributed by atoms with Gasteiger partial charge in [0, 0.05) is 24.8 Å². The zero-order valence-corrected chi connectivity index (χ0v) is 15.0. The van der Waals surface area contributed by atoms with Gasteiger partial charge in [-0.15, -0.1) is 0 Å². The minimum Gasteiger partial charge on any atom is -0.230 e. The summed E-state index contributed by atoms with van der Waals surface area (Å²) >= 11 is 0. The van der Waals surface area contributed by atoms with Crippen LogP contribution in [-0.2, 0) is 9.84 Å². The van der Waals surface area contributed by atoms with Gasteiger partial charge in [0.25, 0.3) is 0 Å². The zero-order valence-electron chi connectivity index (χ0n) is 14.2. The van der Waals surface area contributed by atoms with Crippen LogP contribution in [0.5, 0.6) is 0 Å². The maximum atomic E-state index is 11.7. The molecule has 0 amide bonds. The first-order valence-corrected chi connectivity index (χ1v) is 9.84. The summed E-state index contributed by atoms with van der Waals surface area (Å²) in [6.07, 6.45) is 6.61. The second-order valence-corrected chi connectivity index (χ2v) is 8.03. The summed E-state index contributed by atoms with van der Waals surface area (Å²) in [6.45, 7) is 5.11. The predicted molar refractivity (Wildman–Crippen MR) is 98.7 cm³/mol. The van der Waals surface area contributed by atoms with Crippen molar-refractivity contribution in [1.82, 2.24) is 4.48 Å². The largest absolute Gasteiger partial charge is 0.230 e. The van der Waals surface area contributed by atoms with Crippen LogP contribution < -0.4 is 4.48 Å². The van der Waals surface area contributed by atoms with Crippen LogP contribution in [0.25, 0.3) is 5.70 Å². The molecule has 123 valence electrons. The molecular weight excluding hydrogens is 318 g/mol. The van der Waals surface area contributed by atoms with Crippen molar-refractivity contribution in [2.45, 2.75) is 18.7 Å². The van der Waals surface area contributed by atoms with Crippen molar-refractivity contribution in [2.75, 3.05) is 12.8 Å². The lowest BCUT2D eigenvalue weighted by Crippen LogP contribution is -2.43. The highest BCUT2D eigenvalue weighted by atomic mass is 32.2. The highest BCUT2D eigenvalue weighted by molar-refractivity contribution is 7.90. The van der Waals surface area contributed by atoms with E-state index in [0.717, 1.165) is 23.5 Å². The number of sulfone groups is 1. The third kappa shape index (κ3) is 2.62. The Hall–Kier alpha value is -2.17. The Morgan fingerprint density at radius 3 is 2.17 bits per heavy atom. The molecule has 1 aliphatic heterocycles. The molecule has 2 aromatic carbocycles. The van der Waals surface area contributed by atoms with Crippen molar-refractivity contribution in [2.24, 2.45) is 0 Å². The topological polar surface area (TPSA) is 34.1 Å². The van der Waals surface area contributed by atoms with Gasteiger partial charge in [0.05, 0.1) is 17.5 Å². The quantitative estimate of drug-likeness (QED) is 0.783. The van der Waals surface area contributed by atoms with Crippen LogP contribution >= 0.6 is 0 Å². The molecule has 1 aliphatic rings. The highest BCUT2D eigenvalue weighted by Gasteiger charge is 2.40. The Morgan fingerprint density at radius 2 is 1.62 bits per heavy atom. The smallest absolute Gasteiger partial charge is 0.175 e. The molecule has 0 bridgehead atoms. The van der Waals surface area contributed by atoms with Gasteiger partial charge in [-0.25, -0.2) is 12.9 Å². The van der Waals surface area contributed by atoms with Crippen LogP contribution in [0.15, 0.2) is 71.3 Å². The Morgan fingerprint density at radius 1 is 1.00 bits per heavy atom. The molecule has 24 heavy (non-hydrogen) atoms. The van der Waals surface area contributed by atoms with Gasteiger partial charge in [-0.2, -0.15) is 0 Å². The van der Waals surface area contributed by atoms with Gasteiger partial charge in [0.2, 0.25) is 0 Å². The average Bonchev–Trinajstić information content (AvgIpc) is 2.92. The third-order valence-corrected chi connectivity index (χ3v) is 5.78. The summed E-state index contributed by atoms with van der Waals surface area (Å²) in [5.74, 6) is 0. The van der Waals surface area contributed by atoms with Crippen molar-refractivity contribution >= 4 is 21.2 Å². The molecule has 3 rings (SSSR count). The van der Waals surface area contributed by atoms with E-state index in [4.69, 9.17) is 0 Å². The normalized spacial score (nSPS) is 20.6. The Labute approximate surface area is 144 Å². The number of nitrogens with zero attached hydrogens (tertiary/aromatic N) is 1. The Kier molecular flexibility index (Phi) is 4.20. The van der Waals surface area contributed by atoms with Crippen LogP contribution in [0.3, 0.4) is 0 Å². The molecule has 0 saturated carbocycles. The SMILES string of the molecule is CC[N+]1(c2ccccc2)C(C)=[C]C=C1c1ccc(S(C)(=O)=O)cc1. The number of allylic oxidation sites excluding steroid dienone is 3. The molecule has 2 aromatic rings. The van der Waals surface area contributed by atoms with Crippen LogP contribution in [0.1, 0.15) is 19.4 Å². The first-order chi connectivity index (χ1) is 11.4. The average molecular weight is 339 g/mol. The van der Waals surface area contributed by atoms with Gasteiger partial charge in [-0.05, 0) is 43.3 Å². The minimum absolute atomic E-state index is 0.341. The van der Waals surface area contributed by atoms with Gasteiger partial charge in [-0.1, -0.05) is 18.2 Å². The van der Waals surface area contributed by atoms with Crippen molar-refractivity contribution in [3.63, 3.8) is 0 Å². The van der Waals surface area contributed by atoms with Crippen molar-refractivity contribution in [1.29, 1.82) is 0 Å². The molecule has 0 aliphatic carbocycles. The van der Waals surface area contributed by atoms with Gasteiger partial charge >= 0.3 is 0 Å². The van der Waals surface area contributed by atoms with Gasteiger partial charge in [0.1, 0.15) is 11.4 Å². The van der Waals surface area contributed by atoms with E-state index in [-0.39, 0.29) is 0 Å². The molecule has 0 saturated heterocycles. The van der Waals surface area contributed by atoms with Crippen LogP contribution in [0.4, 0.5) is 5.69 Å². The molecule has 1 radical (unpaired) electrons. The van der Waals surface area contributed by atoms with Crippen LogP contribution in [0.2, 0.25) is 0 Å². The minimum atomic E-state index is -3.19. The second-order valence-electron chi connectivity index (χ2n) is 6.02. The van der Waals surface area contributed by atoms with Crippen molar-refractivity contribution < 1.29 is 8.42 Å². The Balaban J connectivity index is 2.11. The molecule has 0 N–H and O–H groups in total. The third-order valence-electron chi connectivity index (χ3n) is 4.65. The van der Waals surface area contributed by atoms with Gasteiger partial charge < -0.3 is 0 Å². The summed E-state index contributed by atoms with van der Waals surface area (Å²) < 4.78 is 24.0. The van der Waals surface area contributed by atoms with Crippen LogP contribution in [0, 0.1) is 6.08 Å². The van der Waals surface area contributed by atoms with E-state index in [1.165, 1.54) is 11.9 Å². The maximum Gasteiger partial charge on any atom is 0.175 e. The Bertz CT molecular complexity index is 910. The summed E-state index contributed by atoms with van der Waals surface area (Å²) in [5.41, 5.74) is 4.44. The summed E-state index contributed by atoms with van der Waals surface area (Å²) in [5, 5.41) is 0. The standard InChI is InChI=1S/C20H21NO2S/c1-4-21(18-8-6-5-7-9-18)16(2)10-15-20(21)17-11-13-19(14-12-17)24(3,22)23/h5-9,11-15H,4H2,1-3H3/q+1. The summed E-state index contributed by atoms with van der Waals surface area (Å²) in [4.78, 5) is 0.341. The van der Waals surface area contributed by atoms with E-state index in [0.29, 0.717) is 9.38 Å². The lowest BCUT2D eigenvalue weighted by atomic mass is 10.1.